The Kier molecular flexibility index (Phi) is 1.73. The molecule has 1 aliphatic rings. The van der Waals surface area contributed by atoms with Gasteiger partial charge in [-0.05, 0) is 12.1 Å². The highest BCUT2D eigenvalue weighted by Gasteiger charge is 2.12. The predicted octanol–water partition coefficient (Wildman–Crippen LogP) is 0.543. The highest BCUT2D eigenvalue weighted by Crippen LogP contribution is 2.26. The number of para-hydroxylation sites is 2. The average molecular weight is 146 g/mol. The van der Waals surface area contributed by atoms with Gasteiger partial charge in [0.2, 0.25) is 0 Å². The Morgan fingerprint density at radius 1 is 0.909 bits per heavy atom. The van der Waals surface area contributed by atoms with Crippen molar-refractivity contribution in [1.82, 2.24) is 0 Å². The van der Waals surface area contributed by atoms with Gasteiger partial charge in [0.05, 0.1) is 0 Å². The molecule has 5 heteroatoms. The molecule has 1 aliphatic heterocycles. The monoisotopic (exact) mass is 146 g/mol. The molecule has 0 spiro atoms. The van der Waals surface area contributed by atoms with E-state index in [0.29, 0.717) is 11.5 Å². The number of rotatable bonds is 0. The molecule has 0 aliphatic carbocycles. The van der Waals surface area contributed by atoms with Crippen LogP contribution in [0, 0.1) is 0 Å². The van der Waals surface area contributed by atoms with Crippen molar-refractivity contribution in [2.75, 3.05) is 0 Å². The minimum absolute atomic E-state index is 0.654. The minimum atomic E-state index is 0.654. The van der Waals surface area contributed by atoms with Crippen LogP contribution < -0.4 is 9.31 Å². The first-order valence-electron chi connectivity index (χ1n) is 3.18. The Balaban J connectivity index is 2.33. The largest absolute Gasteiger partial charge is 0.558 e. The summed E-state index contributed by atoms with van der Waals surface area (Å²) in [6.45, 7) is 0. The standard InChI is InChI=1S/C6H4B2O3/c1-2-4-6-5(3-1)9-7-11-8-10-6/h1-4H. The van der Waals surface area contributed by atoms with Crippen LogP contribution in [0.1, 0.15) is 0 Å². The lowest BCUT2D eigenvalue weighted by atomic mass is 10.3. The normalized spacial score (nSPS) is 14.2. The van der Waals surface area contributed by atoms with Gasteiger partial charge >= 0.3 is 15.4 Å². The zero-order valence-corrected chi connectivity index (χ0v) is 5.69. The van der Waals surface area contributed by atoms with Crippen molar-refractivity contribution in [1.29, 1.82) is 0 Å². The molecular formula is C6H4B2O3. The molecule has 2 rings (SSSR count). The van der Waals surface area contributed by atoms with Crippen molar-refractivity contribution in [2.45, 2.75) is 0 Å². The third-order valence-electron chi connectivity index (χ3n) is 1.31. The van der Waals surface area contributed by atoms with E-state index in [1.807, 2.05) is 12.1 Å². The van der Waals surface area contributed by atoms with Crippen LogP contribution in [0.15, 0.2) is 24.3 Å². The third kappa shape index (κ3) is 1.33. The first kappa shape index (κ1) is 6.61. The van der Waals surface area contributed by atoms with E-state index in [2.05, 4.69) is 4.57 Å². The van der Waals surface area contributed by atoms with Crippen LogP contribution in [0.2, 0.25) is 0 Å². The second-order valence-corrected chi connectivity index (χ2v) is 2.01. The number of hydrogen-bond acceptors (Lipinski definition) is 3. The Bertz CT molecular complexity index is 228. The summed E-state index contributed by atoms with van der Waals surface area (Å²) >= 11 is 0. The SMILES string of the molecule is [B]1O[B]Oc2ccccc2O1. The lowest BCUT2D eigenvalue weighted by Crippen LogP contribution is -2.10. The summed E-state index contributed by atoms with van der Waals surface area (Å²) < 4.78 is 14.8. The highest BCUT2D eigenvalue weighted by atomic mass is 16.6. The van der Waals surface area contributed by atoms with Crippen molar-refractivity contribution >= 4 is 15.4 Å². The van der Waals surface area contributed by atoms with Gasteiger partial charge in [-0.2, -0.15) is 0 Å². The fourth-order valence-electron chi connectivity index (χ4n) is 0.827. The molecular weight excluding hydrogens is 142 g/mol. The first-order chi connectivity index (χ1) is 5.47. The lowest BCUT2D eigenvalue weighted by Gasteiger charge is -2.03. The van der Waals surface area contributed by atoms with Gasteiger partial charge in [-0.25, -0.2) is 0 Å². The molecule has 0 saturated heterocycles. The summed E-state index contributed by atoms with van der Waals surface area (Å²) in [7, 11) is 2.43. The van der Waals surface area contributed by atoms with E-state index < -0.39 is 0 Å². The van der Waals surface area contributed by atoms with E-state index in [1.54, 1.807) is 12.1 Å². The molecule has 52 valence electrons. The third-order valence-corrected chi connectivity index (χ3v) is 1.31. The summed E-state index contributed by atoms with van der Waals surface area (Å²) in [5, 5.41) is 0. The summed E-state index contributed by atoms with van der Waals surface area (Å²) in [6, 6.07) is 7.32. The van der Waals surface area contributed by atoms with Gasteiger partial charge in [0.25, 0.3) is 0 Å². The quantitative estimate of drug-likeness (QED) is 0.499. The van der Waals surface area contributed by atoms with Crippen molar-refractivity contribution in [3.05, 3.63) is 24.3 Å². The van der Waals surface area contributed by atoms with Crippen LogP contribution in [0.4, 0.5) is 0 Å². The second kappa shape index (κ2) is 2.88. The van der Waals surface area contributed by atoms with Crippen LogP contribution in [0.5, 0.6) is 11.5 Å². The Hall–Kier alpha value is -1.09. The van der Waals surface area contributed by atoms with Gasteiger partial charge in [-0.15, -0.1) is 0 Å². The average Bonchev–Trinajstić information content (AvgIpc) is 2.28. The summed E-state index contributed by atoms with van der Waals surface area (Å²) in [5.74, 6) is 1.31. The molecule has 0 fully saturated rings. The predicted molar refractivity (Wildman–Crippen MR) is 40.3 cm³/mol. The molecule has 1 aromatic rings. The molecule has 0 atom stereocenters. The Morgan fingerprint density at radius 3 is 2.00 bits per heavy atom. The molecule has 0 aromatic heterocycles. The molecule has 2 radical (unpaired) electrons. The van der Waals surface area contributed by atoms with Crippen molar-refractivity contribution < 1.29 is 13.9 Å². The highest BCUT2D eigenvalue weighted by molar-refractivity contribution is 6.36. The maximum Gasteiger partial charge on any atom is 0.558 e. The van der Waals surface area contributed by atoms with E-state index in [-0.39, 0.29) is 0 Å². The van der Waals surface area contributed by atoms with Gasteiger partial charge in [0.1, 0.15) is 11.5 Å². The summed E-state index contributed by atoms with van der Waals surface area (Å²) in [6.07, 6.45) is 0. The van der Waals surface area contributed by atoms with Crippen LogP contribution in [0.25, 0.3) is 0 Å². The van der Waals surface area contributed by atoms with E-state index in [0.717, 1.165) is 0 Å². The zero-order chi connectivity index (χ0) is 7.52. The topological polar surface area (TPSA) is 27.7 Å². The molecule has 0 unspecified atom stereocenters. The van der Waals surface area contributed by atoms with Crippen molar-refractivity contribution in [2.24, 2.45) is 0 Å². The maximum absolute atomic E-state index is 5.04. The maximum atomic E-state index is 5.04. The van der Waals surface area contributed by atoms with Crippen LogP contribution >= 0.6 is 0 Å². The van der Waals surface area contributed by atoms with Crippen molar-refractivity contribution in [3.63, 3.8) is 0 Å². The molecule has 11 heavy (non-hydrogen) atoms. The van der Waals surface area contributed by atoms with E-state index in [9.17, 15) is 0 Å². The minimum Gasteiger partial charge on any atom is -0.535 e. The van der Waals surface area contributed by atoms with Gasteiger partial charge in [-0.3, -0.25) is 0 Å². The van der Waals surface area contributed by atoms with Crippen LogP contribution in [-0.2, 0) is 4.57 Å². The van der Waals surface area contributed by atoms with Crippen molar-refractivity contribution in [3.8, 4) is 11.5 Å². The molecule has 1 aromatic carbocycles. The van der Waals surface area contributed by atoms with Gasteiger partial charge in [-0.1, -0.05) is 12.1 Å². The van der Waals surface area contributed by atoms with E-state index in [1.165, 1.54) is 15.4 Å². The molecule has 1 heterocycles. The van der Waals surface area contributed by atoms with E-state index >= 15 is 0 Å². The first-order valence-corrected chi connectivity index (χ1v) is 3.18. The molecule has 0 saturated carbocycles. The smallest absolute Gasteiger partial charge is 0.535 e. The fraction of sp³-hybridized carbons (Fsp3) is 0. The molecule has 0 bridgehead atoms. The van der Waals surface area contributed by atoms with Gasteiger partial charge in [0, 0.05) is 0 Å². The van der Waals surface area contributed by atoms with Crippen LogP contribution in [-0.4, -0.2) is 15.4 Å². The number of fused-ring (bicyclic) bond motifs is 1. The molecule has 0 N–H and O–H groups in total. The Morgan fingerprint density at radius 2 is 1.45 bits per heavy atom. The zero-order valence-electron chi connectivity index (χ0n) is 5.69. The Labute approximate surface area is 65.9 Å². The molecule has 3 nitrogen and oxygen atoms in total. The molecule has 0 amide bonds. The number of benzene rings is 1. The van der Waals surface area contributed by atoms with Gasteiger partial charge in [0.15, 0.2) is 0 Å². The summed E-state index contributed by atoms with van der Waals surface area (Å²) in [5.41, 5.74) is 0. The second-order valence-electron chi connectivity index (χ2n) is 2.01. The summed E-state index contributed by atoms with van der Waals surface area (Å²) in [4.78, 5) is 0. The lowest BCUT2D eigenvalue weighted by molar-refractivity contribution is 0.458. The van der Waals surface area contributed by atoms with Crippen LogP contribution in [0.3, 0.4) is 0 Å². The van der Waals surface area contributed by atoms with E-state index in [4.69, 9.17) is 9.31 Å². The van der Waals surface area contributed by atoms with Gasteiger partial charge < -0.3 is 13.9 Å². The number of hydrogen-bond donors (Lipinski definition) is 0. The fourth-order valence-corrected chi connectivity index (χ4v) is 0.827.